The van der Waals surface area contributed by atoms with Crippen LogP contribution in [0.15, 0.2) is 0 Å². The quantitative estimate of drug-likeness (QED) is 0.537. The molecular formula is C11H19N3O4. The van der Waals surface area contributed by atoms with Gasteiger partial charge in [-0.3, -0.25) is 9.59 Å². The number of carbonyl (C=O) groups is 3. The Balaban J connectivity index is 3.22. The summed E-state index contributed by atoms with van der Waals surface area (Å²) in [6.45, 7) is 3.09. The maximum Gasteiger partial charge on any atom is 0.337 e. The molecule has 0 bridgehead atoms. The van der Waals surface area contributed by atoms with Crippen molar-refractivity contribution >= 4 is 17.7 Å². The Morgan fingerprint density at radius 3 is 2.17 bits per heavy atom. The van der Waals surface area contributed by atoms with Crippen LogP contribution < -0.4 is 11.5 Å². The van der Waals surface area contributed by atoms with Crippen LogP contribution in [0.5, 0.6) is 0 Å². The minimum Gasteiger partial charge on any atom is -0.479 e. The highest BCUT2D eigenvalue weighted by Gasteiger charge is 2.56. The van der Waals surface area contributed by atoms with Crippen LogP contribution in [0.2, 0.25) is 0 Å². The zero-order valence-corrected chi connectivity index (χ0v) is 10.5. The van der Waals surface area contributed by atoms with Crippen LogP contribution in [0.25, 0.3) is 0 Å². The highest BCUT2D eigenvalue weighted by atomic mass is 16.4. The normalized spacial score (nSPS) is 26.8. The first-order valence-electron chi connectivity index (χ1n) is 5.85. The molecule has 3 unspecified atom stereocenters. The van der Waals surface area contributed by atoms with E-state index in [1.165, 1.54) is 13.8 Å². The van der Waals surface area contributed by atoms with Crippen molar-refractivity contribution in [1.82, 2.24) is 4.90 Å². The molecule has 102 valence electrons. The maximum atomic E-state index is 12.1. The molecular weight excluding hydrogens is 238 g/mol. The molecule has 0 aliphatic carbocycles. The van der Waals surface area contributed by atoms with Crippen molar-refractivity contribution in [2.45, 2.75) is 44.3 Å². The number of nitrogens with two attached hydrogens (primary N) is 2. The van der Waals surface area contributed by atoms with Gasteiger partial charge < -0.3 is 21.5 Å². The van der Waals surface area contributed by atoms with E-state index >= 15 is 0 Å². The standard InChI is InChI=1S/C11H19N3O4/c1-6(12)8(15)11(10(17)18)4-3-5-14(11)9(16)7(2)13/h6-7H,3-5,12-13H2,1-2H3,(H,17,18). The fourth-order valence-corrected chi connectivity index (χ4v) is 2.32. The second kappa shape index (κ2) is 5.03. The maximum absolute atomic E-state index is 12.1. The number of hydrogen-bond donors (Lipinski definition) is 3. The molecule has 0 aromatic rings. The van der Waals surface area contributed by atoms with E-state index in [2.05, 4.69) is 0 Å². The molecule has 1 rings (SSSR count). The van der Waals surface area contributed by atoms with Crippen LogP contribution in [0, 0.1) is 0 Å². The monoisotopic (exact) mass is 257 g/mol. The SMILES string of the molecule is CC(N)C(=O)N1CCCC1(C(=O)O)C(=O)C(C)N. The highest BCUT2D eigenvalue weighted by Crippen LogP contribution is 2.32. The van der Waals surface area contributed by atoms with Gasteiger partial charge in [0.25, 0.3) is 0 Å². The minimum absolute atomic E-state index is 0.0845. The molecule has 0 aromatic heterocycles. The number of aliphatic carboxylic acids is 1. The van der Waals surface area contributed by atoms with Gasteiger partial charge in [-0.1, -0.05) is 0 Å². The topological polar surface area (TPSA) is 127 Å². The van der Waals surface area contributed by atoms with Crippen molar-refractivity contribution in [3.8, 4) is 0 Å². The molecule has 0 radical (unpaired) electrons. The van der Waals surface area contributed by atoms with Crippen LogP contribution in [0.3, 0.4) is 0 Å². The predicted octanol–water partition coefficient (Wildman–Crippen LogP) is -1.30. The lowest BCUT2D eigenvalue weighted by atomic mass is 9.87. The first-order chi connectivity index (χ1) is 8.25. The molecule has 0 aromatic carbocycles. The number of amides is 1. The fourth-order valence-electron chi connectivity index (χ4n) is 2.32. The summed E-state index contributed by atoms with van der Waals surface area (Å²) in [5.41, 5.74) is 9.13. The lowest BCUT2D eigenvalue weighted by Crippen LogP contribution is -2.64. The second-order valence-corrected chi connectivity index (χ2v) is 4.70. The smallest absolute Gasteiger partial charge is 0.337 e. The first kappa shape index (κ1) is 14.6. The molecule has 3 atom stereocenters. The van der Waals surface area contributed by atoms with Gasteiger partial charge in [0.05, 0.1) is 12.1 Å². The zero-order chi connectivity index (χ0) is 14.1. The van der Waals surface area contributed by atoms with Crippen molar-refractivity contribution in [1.29, 1.82) is 0 Å². The highest BCUT2D eigenvalue weighted by molar-refractivity contribution is 6.12. The van der Waals surface area contributed by atoms with Gasteiger partial charge in [-0.15, -0.1) is 0 Å². The number of carboxylic acid groups (broad SMARTS) is 1. The molecule has 7 heteroatoms. The van der Waals surface area contributed by atoms with Gasteiger partial charge >= 0.3 is 5.97 Å². The van der Waals surface area contributed by atoms with Crippen molar-refractivity contribution < 1.29 is 19.5 Å². The number of ketones is 1. The fraction of sp³-hybridized carbons (Fsp3) is 0.727. The molecule has 1 aliphatic rings. The third kappa shape index (κ3) is 2.11. The van der Waals surface area contributed by atoms with E-state index in [0.717, 1.165) is 4.90 Å². The molecule has 5 N–H and O–H groups in total. The van der Waals surface area contributed by atoms with Crippen molar-refractivity contribution in [2.24, 2.45) is 11.5 Å². The summed E-state index contributed by atoms with van der Waals surface area (Å²) < 4.78 is 0. The number of carbonyl (C=O) groups excluding carboxylic acids is 2. The van der Waals surface area contributed by atoms with Crippen molar-refractivity contribution in [3.63, 3.8) is 0 Å². The first-order valence-corrected chi connectivity index (χ1v) is 5.85. The number of likely N-dealkylation sites (tertiary alicyclic amines) is 1. The molecule has 1 fully saturated rings. The molecule has 1 heterocycles. The summed E-state index contributed by atoms with van der Waals surface area (Å²) in [5, 5.41) is 9.37. The number of rotatable bonds is 4. The summed E-state index contributed by atoms with van der Waals surface area (Å²) in [4.78, 5) is 36.6. The largest absolute Gasteiger partial charge is 0.479 e. The molecule has 1 saturated heterocycles. The lowest BCUT2D eigenvalue weighted by molar-refractivity contribution is -0.162. The summed E-state index contributed by atoms with van der Waals surface area (Å²) in [6, 6.07) is -1.79. The van der Waals surface area contributed by atoms with Gasteiger partial charge in [-0.05, 0) is 26.7 Å². The van der Waals surface area contributed by atoms with E-state index in [1.54, 1.807) is 0 Å². The Labute approximate surface area is 105 Å². The third-order valence-electron chi connectivity index (χ3n) is 3.21. The van der Waals surface area contributed by atoms with Gasteiger partial charge in [-0.2, -0.15) is 0 Å². The van der Waals surface area contributed by atoms with Crippen LogP contribution in [0.4, 0.5) is 0 Å². The van der Waals surface area contributed by atoms with E-state index in [0.29, 0.717) is 6.42 Å². The van der Waals surface area contributed by atoms with Crippen molar-refractivity contribution in [3.05, 3.63) is 0 Å². The minimum atomic E-state index is -1.85. The number of Topliss-reactive ketones (excluding diaryl/α,β-unsaturated/α-hetero) is 1. The van der Waals surface area contributed by atoms with Crippen LogP contribution >= 0.6 is 0 Å². The van der Waals surface area contributed by atoms with Gasteiger partial charge in [0.1, 0.15) is 0 Å². The number of nitrogens with zero attached hydrogens (tertiary/aromatic N) is 1. The Hall–Kier alpha value is -1.47. The average molecular weight is 257 g/mol. The molecule has 1 amide bonds. The van der Waals surface area contributed by atoms with Crippen LogP contribution in [-0.2, 0) is 14.4 Å². The number of hydrogen-bond acceptors (Lipinski definition) is 5. The Morgan fingerprint density at radius 2 is 1.78 bits per heavy atom. The summed E-state index contributed by atoms with van der Waals surface area (Å²) in [6.07, 6.45) is 0.532. The van der Waals surface area contributed by atoms with Gasteiger partial charge in [0.2, 0.25) is 11.4 Å². The van der Waals surface area contributed by atoms with Crippen LogP contribution in [-0.4, -0.2) is 51.8 Å². The van der Waals surface area contributed by atoms with E-state index in [-0.39, 0.29) is 13.0 Å². The molecule has 0 spiro atoms. The predicted molar refractivity (Wildman–Crippen MR) is 63.6 cm³/mol. The molecule has 1 aliphatic heterocycles. The van der Waals surface area contributed by atoms with Crippen LogP contribution in [0.1, 0.15) is 26.7 Å². The summed E-state index contributed by atoms with van der Waals surface area (Å²) in [5.74, 6) is -2.53. The van der Waals surface area contributed by atoms with E-state index in [1.807, 2.05) is 0 Å². The Bertz CT molecular complexity index is 380. The van der Waals surface area contributed by atoms with Gasteiger partial charge in [0.15, 0.2) is 5.78 Å². The molecule has 7 nitrogen and oxygen atoms in total. The lowest BCUT2D eigenvalue weighted by Gasteiger charge is -2.35. The third-order valence-corrected chi connectivity index (χ3v) is 3.21. The zero-order valence-electron chi connectivity index (χ0n) is 10.5. The van der Waals surface area contributed by atoms with Crippen molar-refractivity contribution in [2.75, 3.05) is 6.54 Å². The van der Waals surface area contributed by atoms with Gasteiger partial charge in [0, 0.05) is 6.54 Å². The van der Waals surface area contributed by atoms with Gasteiger partial charge in [-0.25, -0.2) is 4.79 Å². The molecule has 0 saturated carbocycles. The Kier molecular flexibility index (Phi) is 4.08. The van der Waals surface area contributed by atoms with E-state index < -0.39 is 35.3 Å². The van der Waals surface area contributed by atoms with E-state index in [9.17, 15) is 19.5 Å². The average Bonchev–Trinajstić information content (AvgIpc) is 2.71. The summed E-state index contributed by atoms with van der Waals surface area (Å²) in [7, 11) is 0. The summed E-state index contributed by atoms with van der Waals surface area (Å²) >= 11 is 0. The Morgan fingerprint density at radius 1 is 1.22 bits per heavy atom. The van der Waals surface area contributed by atoms with E-state index in [4.69, 9.17) is 11.5 Å². The second-order valence-electron chi connectivity index (χ2n) is 4.70. The number of carboxylic acids is 1. The molecule has 18 heavy (non-hydrogen) atoms.